The smallest absolute Gasteiger partial charge is 0.209 e. The molecule has 0 atom stereocenters. The van der Waals surface area contributed by atoms with Crippen LogP contribution in [0.5, 0.6) is 0 Å². The van der Waals surface area contributed by atoms with Gasteiger partial charge in [-0.15, -0.1) is 0 Å². The Morgan fingerprint density at radius 1 is 1.12 bits per heavy atom. The number of aromatic nitrogens is 2. The lowest BCUT2D eigenvalue weighted by Gasteiger charge is -2.53. The molecule has 2 N–H and O–H groups in total. The maximum Gasteiger partial charge on any atom is 0.209 e. The van der Waals surface area contributed by atoms with Crippen LogP contribution in [0.2, 0.25) is 0 Å². The van der Waals surface area contributed by atoms with Crippen LogP contribution >= 0.6 is 0 Å². The van der Waals surface area contributed by atoms with Crippen molar-refractivity contribution in [2.75, 3.05) is 32.7 Å². The van der Waals surface area contributed by atoms with Gasteiger partial charge in [-0.05, 0) is 62.1 Å². The summed E-state index contributed by atoms with van der Waals surface area (Å²) in [7, 11) is 2.49. The molecule has 2 bridgehead atoms. The van der Waals surface area contributed by atoms with E-state index in [0.29, 0.717) is 5.82 Å². The number of aliphatic imine (C=N–C) groups is 1. The fraction of sp³-hybridized carbons (Fsp3) is 0.452. The highest BCUT2D eigenvalue weighted by atomic mass is 32.2. The van der Waals surface area contributed by atoms with Crippen LogP contribution in [0.1, 0.15) is 63.0 Å². The van der Waals surface area contributed by atoms with Gasteiger partial charge in [-0.1, -0.05) is 43.9 Å². The van der Waals surface area contributed by atoms with Crippen molar-refractivity contribution in [2.45, 2.75) is 62.9 Å². The summed E-state index contributed by atoms with van der Waals surface area (Å²) in [6, 6.07) is 8.20. The maximum atomic E-state index is 12.0. The molecule has 0 aliphatic heterocycles. The van der Waals surface area contributed by atoms with Crippen LogP contribution in [0.15, 0.2) is 60.4 Å². The van der Waals surface area contributed by atoms with Crippen LogP contribution in [0, 0.1) is 0 Å². The van der Waals surface area contributed by atoms with E-state index >= 15 is 0 Å². The second-order valence-corrected chi connectivity index (χ2v) is 13.1. The van der Waals surface area contributed by atoms with E-state index < -0.39 is 10.0 Å². The third-order valence-electron chi connectivity index (χ3n) is 7.90. The van der Waals surface area contributed by atoms with E-state index in [-0.39, 0.29) is 11.1 Å². The van der Waals surface area contributed by atoms with Gasteiger partial charge in [-0.2, -0.15) is 0 Å². The molecule has 3 saturated carbocycles. The summed E-state index contributed by atoms with van der Waals surface area (Å²) in [5.74, 6) is 1.43. The Balaban J connectivity index is 1.73. The Hall–Kier alpha value is -3.30. The molecule has 9 heteroatoms. The van der Waals surface area contributed by atoms with E-state index in [2.05, 4.69) is 46.7 Å². The van der Waals surface area contributed by atoms with E-state index in [9.17, 15) is 8.42 Å². The zero-order valence-corrected chi connectivity index (χ0v) is 25.2. The summed E-state index contributed by atoms with van der Waals surface area (Å²) in [5, 5.41) is 3.85. The first-order valence-electron chi connectivity index (χ1n) is 13.9. The molecule has 2 aromatic rings. The van der Waals surface area contributed by atoms with Gasteiger partial charge in [-0.3, -0.25) is 4.99 Å². The number of anilines is 1. The van der Waals surface area contributed by atoms with Gasteiger partial charge in [0.15, 0.2) is 5.82 Å². The SMILES string of the molecule is C=C/C(=C\N(C)C)c1cccc(-c2ncc(C(/C=N\C)=C/CC)c(NC34CCC(NS(C)(=O)=O)(CC3)CC4)n2)c1. The minimum Gasteiger partial charge on any atom is -0.383 e. The van der Waals surface area contributed by atoms with E-state index in [4.69, 9.17) is 9.97 Å². The molecule has 214 valence electrons. The van der Waals surface area contributed by atoms with Gasteiger partial charge in [0, 0.05) is 67.5 Å². The van der Waals surface area contributed by atoms with Crippen molar-refractivity contribution in [2.24, 2.45) is 4.99 Å². The first kappa shape index (κ1) is 29.7. The second-order valence-electron chi connectivity index (χ2n) is 11.3. The molecule has 1 aromatic carbocycles. The molecule has 3 aliphatic rings. The molecule has 40 heavy (non-hydrogen) atoms. The minimum absolute atomic E-state index is 0.145. The molecular weight excluding hydrogens is 520 g/mol. The summed E-state index contributed by atoms with van der Waals surface area (Å²) in [4.78, 5) is 16.2. The van der Waals surface area contributed by atoms with Crippen molar-refractivity contribution >= 4 is 33.2 Å². The van der Waals surface area contributed by atoms with Crippen LogP contribution in [0.3, 0.4) is 0 Å². The van der Waals surface area contributed by atoms with Crippen LogP contribution < -0.4 is 10.0 Å². The van der Waals surface area contributed by atoms with Crippen LogP contribution in [-0.2, 0) is 10.0 Å². The standard InChI is InChI=1S/C31H42N6O2S/c1-7-10-26(20-32-3)27-21-33-28(25-12-9-11-24(19-25)23(8-2)22-37(4)5)34-29(27)35-30-13-16-31(17-14-30,18-15-30)36-40(6,38)39/h8-12,19-22,36H,2,7,13-18H2,1,3-6H3,(H,33,34,35)/b23-22+,26-10+,32-20-. The number of nitrogens with zero attached hydrogens (tertiary/aromatic N) is 4. The quantitative estimate of drug-likeness (QED) is 0.276. The topological polar surface area (TPSA) is 99.6 Å². The molecule has 3 fully saturated rings. The molecule has 0 spiro atoms. The van der Waals surface area contributed by atoms with Crippen molar-refractivity contribution in [1.29, 1.82) is 0 Å². The van der Waals surface area contributed by atoms with Gasteiger partial charge in [0.05, 0.1) is 6.26 Å². The highest BCUT2D eigenvalue weighted by Crippen LogP contribution is 2.49. The number of hydrogen-bond donors (Lipinski definition) is 2. The predicted molar refractivity (Wildman–Crippen MR) is 167 cm³/mol. The normalized spacial score (nSPS) is 23.4. The Bertz CT molecular complexity index is 1420. The van der Waals surface area contributed by atoms with E-state index in [1.807, 2.05) is 55.8 Å². The zero-order chi connectivity index (χ0) is 29.0. The van der Waals surface area contributed by atoms with Crippen molar-refractivity contribution in [1.82, 2.24) is 19.6 Å². The molecule has 1 heterocycles. The molecule has 0 amide bonds. The maximum absolute atomic E-state index is 12.0. The lowest BCUT2D eigenvalue weighted by atomic mass is 9.62. The number of fused-ring (bicyclic) bond motifs is 3. The first-order valence-corrected chi connectivity index (χ1v) is 15.8. The molecule has 8 nitrogen and oxygen atoms in total. The van der Waals surface area contributed by atoms with Gasteiger partial charge >= 0.3 is 0 Å². The van der Waals surface area contributed by atoms with Crippen LogP contribution in [-0.4, -0.2) is 68.0 Å². The third kappa shape index (κ3) is 6.88. The highest BCUT2D eigenvalue weighted by molar-refractivity contribution is 7.88. The van der Waals surface area contributed by atoms with Crippen molar-refractivity contribution in [3.63, 3.8) is 0 Å². The fourth-order valence-electron chi connectivity index (χ4n) is 5.95. The lowest BCUT2D eigenvalue weighted by molar-refractivity contribution is 0.113. The summed E-state index contributed by atoms with van der Waals surface area (Å²) < 4.78 is 27.0. The average molecular weight is 563 g/mol. The number of benzene rings is 1. The largest absolute Gasteiger partial charge is 0.383 e. The van der Waals surface area contributed by atoms with E-state index in [0.717, 1.165) is 78.6 Å². The number of allylic oxidation sites excluding steroid dienone is 4. The molecular formula is C31H42N6O2S. The number of rotatable bonds is 11. The Morgan fingerprint density at radius 3 is 2.38 bits per heavy atom. The molecule has 0 radical (unpaired) electrons. The molecule has 0 unspecified atom stereocenters. The van der Waals surface area contributed by atoms with Crippen molar-refractivity contribution in [3.05, 3.63) is 66.5 Å². The second kappa shape index (κ2) is 12.1. The average Bonchev–Trinajstić information content (AvgIpc) is 2.91. The summed E-state index contributed by atoms with van der Waals surface area (Å²) in [6.07, 6.45) is 16.9. The number of sulfonamides is 1. The summed E-state index contributed by atoms with van der Waals surface area (Å²) in [5.41, 5.74) is 4.40. The highest BCUT2D eigenvalue weighted by Gasteiger charge is 2.50. The monoisotopic (exact) mass is 562 g/mol. The Labute approximate surface area is 239 Å². The zero-order valence-electron chi connectivity index (χ0n) is 24.4. The summed E-state index contributed by atoms with van der Waals surface area (Å²) in [6.45, 7) is 6.09. The van der Waals surface area contributed by atoms with Crippen LogP contribution in [0.25, 0.3) is 22.5 Å². The van der Waals surface area contributed by atoms with Gasteiger partial charge < -0.3 is 10.2 Å². The Kier molecular flexibility index (Phi) is 8.95. The van der Waals surface area contributed by atoms with Crippen molar-refractivity contribution < 1.29 is 8.42 Å². The molecule has 5 rings (SSSR count). The number of hydrogen-bond acceptors (Lipinski definition) is 7. The predicted octanol–water partition coefficient (Wildman–Crippen LogP) is 5.53. The lowest BCUT2D eigenvalue weighted by Crippen LogP contribution is -2.60. The van der Waals surface area contributed by atoms with E-state index in [1.54, 1.807) is 7.05 Å². The number of nitrogens with one attached hydrogen (secondary N) is 2. The first-order chi connectivity index (χ1) is 19.0. The van der Waals surface area contributed by atoms with Crippen molar-refractivity contribution in [3.8, 4) is 11.4 Å². The van der Waals surface area contributed by atoms with E-state index in [1.165, 1.54) is 6.26 Å². The minimum atomic E-state index is -3.26. The van der Waals surface area contributed by atoms with Gasteiger partial charge in [-0.25, -0.2) is 23.1 Å². The van der Waals surface area contributed by atoms with Gasteiger partial charge in [0.25, 0.3) is 0 Å². The van der Waals surface area contributed by atoms with Gasteiger partial charge in [0.1, 0.15) is 5.82 Å². The van der Waals surface area contributed by atoms with Crippen LogP contribution in [0.4, 0.5) is 5.82 Å². The molecule has 3 aliphatic carbocycles. The van der Waals surface area contributed by atoms with Gasteiger partial charge in [0.2, 0.25) is 10.0 Å². The Morgan fingerprint density at radius 2 is 1.80 bits per heavy atom. The molecule has 1 aromatic heterocycles. The fourth-order valence-corrected chi connectivity index (χ4v) is 7.04. The summed E-state index contributed by atoms with van der Waals surface area (Å²) >= 11 is 0. The molecule has 0 saturated heterocycles. The third-order valence-corrected chi connectivity index (χ3v) is 8.70.